The molecule has 1 atom stereocenters. The summed E-state index contributed by atoms with van der Waals surface area (Å²) in [5, 5.41) is 3.66. The van der Waals surface area contributed by atoms with E-state index in [1.54, 1.807) is 11.8 Å². The largest absolute Gasteiger partial charge is 0.372 e. The van der Waals surface area contributed by atoms with Crippen molar-refractivity contribution in [1.82, 2.24) is 5.32 Å². The molecule has 140 valence electrons. The third-order valence-electron chi connectivity index (χ3n) is 4.29. The van der Waals surface area contributed by atoms with Gasteiger partial charge in [-0.2, -0.15) is 0 Å². The lowest BCUT2D eigenvalue weighted by Gasteiger charge is -2.21. The van der Waals surface area contributed by atoms with Gasteiger partial charge in [-0.3, -0.25) is 4.79 Å². The molecular formula is C21H27ClN2OS. The molecule has 0 fully saturated rings. The Morgan fingerprint density at radius 1 is 1.04 bits per heavy atom. The predicted octanol–water partition coefficient (Wildman–Crippen LogP) is 5.37. The second kappa shape index (κ2) is 10.5. The fourth-order valence-corrected chi connectivity index (χ4v) is 3.82. The van der Waals surface area contributed by atoms with Crippen LogP contribution in [0.25, 0.3) is 0 Å². The minimum atomic E-state index is -0.105. The van der Waals surface area contributed by atoms with Crippen molar-refractivity contribution in [3.63, 3.8) is 0 Å². The molecule has 2 aromatic rings. The average molecular weight is 391 g/mol. The zero-order valence-electron chi connectivity index (χ0n) is 15.7. The number of benzene rings is 2. The summed E-state index contributed by atoms with van der Waals surface area (Å²) in [6, 6.07) is 16.0. The lowest BCUT2D eigenvalue weighted by molar-refractivity contribution is -0.120. The Labute approximate surface area is 166 Å². The van der Waals surface area contributed by atoms with E-state index in [-0.39, 0.29) is 11.2 Å². The first-order valence-electron chi connectivity index (χ1n) is 9.11. The van der Waals surface area contributed by atoms with Gasteiger partial charge in [0.25, 0.3) is 0 Å². The molecule has 0 unspecified atom stereocenters. The summed E-state index contributed by atoms with van der Waals surface area (Å²) in [7, 11) is 0. The summed E-state index contributed by atoms with van der Waals surface area (Å²) >= 11 is 7.50. The minimum absolute atomic E-state index is 0.0697. The first-order chi connectivity index (χ1) is 12.6. The fourth-order valence-electron chi connectivity index (χ4n) is 2.72. The van der Waals surface area contributed by atoms with E-state index in [1.165, 1.54) is 5.69 Å². The molecule has 1 amide bonds. The number of carbonyl (C=O) groups excluding carboxylic acids is 1. The van der Waals surface area contributed by atoms with Gasteiger partial charge in [-0.15, -0.1) is 11.8 Å². The number of nitrogens with one attached hydrogen (secondary N) is 1. The van der Waals surface area contributed by atoms with Crippen LogP contribution in [0.15, 0.2) is 53.4 Å². The monoisotopic (exact) mass is 390 g/mol. The van der Waals surface area contributed by atoms with Crippen molar-refractivity contribution in [2.24, 2.45) is 0 Å². The minimum Gasteiger partial charge on any atom is -0.372 e. The van der Waals surface area contributed by atoms with Crippen molar-refractivity contribution < 1.29 is 4.79 Å². The van der Waals surface area contributed by atoms with Crippen molar-refractivity contribution in [2.45, 2.75) is 43.9 Å². The molecule has 0 saturated heterocycles. The van der Waals surface area contributed by atoms with Gasteiger partial charge >= 0.3 is 0 Å². The van der Waals surface area contributed by atoms with E-state index in [0.29, 0.717) is 11.6 Å². The summed E-state index contributed by atoms with van der Waals surface area (Å²) in [6.07, 6.45) is 0.778. The van der Waals surface area contributed by atoms with Gasteiger partial charge in [0, 0.05) is 35.2 Å². The van der Waals surface area contributed by atoms with Crippen LogP contribution in [-0.2, 0) is 11.3 Å². The number of amides is 1. The highest BCUT2D eigenvalue weighted by molar-refractivity contribution is 8.00. The van der Waals surface area contributed by atoms with Crippen LogP contribution >= 0.6 is 23.4 Å². The number of hydrogen-bond acceptors (Lipinski definition) is 3. The Balaban J connectivity index is 1.90. The van der Waals surface area contributed by atoms with Gasteiger partial charge in [0.2, 0.25) is 5.91 Å². The molecule has 0 saturated carbocycles. The Kier molecular flexibility index (Phi) is 8.33. The van der Waals surface area contributed by atoms with Crippen molar-refractivity contribution in [1.29, 1.82) is 0 Å². The summed E-state index contributed by atoms with van der Waals surface area (Å²) in [4.78, 5) is 15.9. The summed E-state index contributed by atoms with van der Waals surface area (Å²) in [5.74, 6) is 0.0697. The zero-order chi connectivity index (χ0) is 18.9. The topological polar surface area (TPSA) is 32.3 Å². The molecule has 2 rings (SSSR count). The van der Waals surface area contributed by atoms with Crippen molar-refractivity contribution in [3.8, 4) is 0 Å². The third-order valence-corrected chi connectivity index (χ3v) is 5.92. The Morgan fingerprint density at radius 2 is 1.65 bits per heavy atom. The molecule has 0 aliphatic heterocycles. The van der Waals surface area contributed by atoms with Crippen LogP contribution in [0.4, 0.5) is 5.69 Å². The van der Waals surface area contributed by atoms with E-state index in [1.807, 2.05) is 31.2 Å². The second-order valence-electron chi connectivity index (χ2n) is 6.03. The highest BCUT2D eigenvalue weighted by Crippen LogP contribution is 2.27. The third kappa shape index (κ3) is 5.96. The van der Waals surface area contributed by atoms with Crippen LogP contribution in [0.3, 0.4) is 0 Å². The highest BCUT2D eigenvalue weighted by Gasteiger charge is 2.17. The highest BCUT2D eigenvalue weighted by atomic mass is 35.5. The summed E-state index contributed by atoms with van der Waals surface area (Å²) in [6.45, 7) is 8.88. The molecule has 0 aliphatic rings. The molecule has 5 heteroatoms. The summed E-state index contributed by atoms with van der Waals surface area (Å²) in [5.41, 5.74) is 2.33. The maximum atomic E-state index is 12.5. The van der Waals surface area contributed by atoms with Crippen molar-refractivity contribution in [2.75, 3.05) is 18.0 Å². The maximum Gasteiger partial charge on any atom is 0.233 e. The van der Waals surface area contributed by atoms with Gasteiger partial charge in [-0.1, -0.05) is 30.7 Å². The first-order valence-corrected chi connectivity index (χ1v) is 10.4. The molecule has 2 aromatic carbocycles. The number of nitrogens with zero attached hydrogens (tertiary/aromatic N) is 1. The molecule has 0 radical (unpaired) electrons. The molecule has 0 aliphatic carbocycles. The first kappa shape index (κ1) is 20.7. The number of carbonyl (C=O) groups is 1. The van der Waals surface area contributed by atoms with Crippen LogP contribution in [0.1, 0.15) is 32.8 Å². The second-order valence-corrected chi connectivity index (χ2v) is 7.74. The molecule has 0 bridgehead atoms. The van der Waals surface area contributed by atoms with Crippen LogP contribution in [0.2, 0.25) is 5.02 Å². The Morgan fingerprint density at radius 3 is 2.19 bits per heavy atom. The molecule has 0 heterocycles. The predicted molar refractivity (Wildman–Crippen MR) is 113 cm³/mol. The van der Waals surface area contributed by atoms with Gasteiger partial charge < -0.3 is 10.2 Å². The van der Waals surface area contributed by atoms with Crippen LogP contribution in [-0.4, -0.2) is 24.2 Å². The van der Waals surface area contributed by atoms with E-state index in [9.17, 15) is 4.79 Å². The average Bonchev–Trinajstić information content (AvgIpc) is 2.67. The molecule has 26 heavy (non-hydrogen) atoms. The molecule has 1 N–H and O–H groups in total. The van der Waals surface area contributed by atoms with Gasteiger partial charge in [0.15, 0.2) is 0 Å². The molecule has 3 nitrogen and oxygen atoms in total. The van der Waals surface area contributed by atoms with E-state index in [4.69, 9.17) is 11.6 Å². The van der Waals surface area contributed by atoms with E-state index < -0.39 is 0 Å². The number of halogens is 1. The standard InChI is InChI=1S/C21H27ClN2OS/c1-4-20(26-19-13-9-17(22)10-14-19)21(25)23-15-16-7-11-18(12-8-16)24(5-2)6-3/h7-14,20H,4-6,15H2,1-3H3,(H,23,25)/t20-/m1/s1. The van der Waals surface area contributed by atoms with E-state index >= 15 is 0 Å². The number of thioether (sulfide) groups is 1. The quantitative estimate of drug-likeness (QED) is 0.584. The van der Waals surface area contributed by atoms with Crippen LogP contribution in [0, 0.1) is 0 Å². The SMILES string of the molecule is CC[C@@H](Sc1ccc(Cl)cc1)C(=O)NCc1ccc(N(CC)CC)cc1. The number of rotatable bonds is 9. The van der Waals surface area contributed by atoms with Crippen LogP contribution < -0.4 is 10.2 Å². The number of hydrogen-bond donors (Lipinski definition) is 1. The fraction of sp³-hybridized carbons (Fsp3) is 0.381. The maximum absolute atomic E-state index is 12.5. The number of anilines is 1. The van der Waals surface area contributed by atoms with Gasteiger partial charge in [0.05, 0.1) is 5.25 Å². The van der Waals surface area contributed by atoms with Gasteiger partial charge in [0.1, 0.15) is 0 Å². The van der Waals surface area contributed by atoms with Crippen molar-refractivity contribution >= 4 is 35.0 Å². The molecule has 0 spiro atoms. The molecular weight excluding hydrogens is 364 g/mol. The summed E-state index contributed by atoms with van der Waals surface area (Å²) < 4.78 is 0. The lowest BCUT2D eigenvalue weighted by atomic mass is 10.2. The lowest BCUT2D eigenvalue weighted by Crippen LogP contribution is -2.31. The van der Waals surface area contributed by atoms with Gasteiger partial charge in [-0.05, 0) is 62.2 Å². The Hall–Kier alpha value is -1.65. The van der Waals surface area contributed by atoms with E-state index in [2.05, 4.69) is 48.3 Å². The van der Waals surface area contributed by atoms with Crippen molar-refractivity contribution in [3.05, 3.63) is 59.1 Å². The van der Waals surface area contributed by atoms with Crippen LogP contribution in [0.5, 0.6) is 0 Å². The normalized spacial score (nSPS) is 11.8. The zero-order valence-corrected chi connectivity index (χ0v) is 17.2. The van der Waals surface area contributed by atoms with Gasteiger partial charge in [-0.25, -0.2) is 0 Å². The molecule has 0 aromatic heterocycles. The van der Waals surface area contributed by atoms with E-state index in [0.717, 1.165) is 30.0 Å². The smallest absolute Gasteiger partial charge is 0.233 e. The Bertz CT molecular complexity index is 684.